The third-order valence-electron chi connectivity index (χ3n) is 3.83. The number of aryl methyl sites for hydroxylation is 1. The van der Waals surface area contributed by atoms with Gasteiger partial charge in [0.05, 0.1) is 5.71 Å². The van der Waals surface area contributed by atoms with Crippen molar-refractivity contribution in [3.63, 3.8) is 0 Å². The Bertz CT molecular complexity index is 394. The van der Waals surface area contributed by atoms with Gasteiger partial charge in [-0.3, -0.25) is 0 Å². The van der Waals surface area contributed by atoms with Crippen molar-refractivity contribution < 1.29 is 10.3 Å². The minimum atomic E-state index is -0.873. The number of benzene rings is 1. The normalized spacial score (nSPS) is 19.7. The maximum Gasteiger partial charge on any atom is 0.106 e. The highest BCUT2D eigenvalue weighted by Crippen LogP contribution is 2.30. The third-order valence-corrected chi connectivity index (χ3v) is 3.83. The Balaban J connectivity index is 1.97. The summed E-state index contributed by atoms with van der Waals surface area (Å²) in [7, 11) is 0. The Morgan fingerprint density at radius 2 is 1.78 bits per heavy atom. The molecule has 0 unspecified atom stereocenters. The fourth-order valence-corrected chi connectivity index (χ4v) is 2.71. The smallest absolute Gasteiger partial charge is 0.106 e. The zero-order chi connectivity index (χ0) is 12.8. The SMILES string of the molecule is O/N=C(\CCc1ccccc1)C1(O)CCCCC1. The molecule has 3 nitrogen and oxygen atoms in total. The number of hydrogen-bond acceptors (Lipinski definition) is 3. The minimum absolute atomic E-state index is 0.547. The van der Waals surface area contributed by atoms with Crippen molar-refractivity contribution >= 4 is 5.71 Å². The first kappa shape index (κ1) is 13.1. The Morgan fingerprint density at radius 3 is 2.39 bits per heavy atom. The summed E-state index contributed by atoms with van der Waals surface area (Å²) in [4.78, 5) is 0. The van der Waals surface area contributed by atoms with Crippen LogP contribution in [0, 0.1) is 0 Å². The molecule has 98 valence electrons. The molecule has 2 N–H and O–H groups in total. The van der Waals surface area contributed by atoms with Gasteiger partial charge in [0.15, 0.2) is 0 Å². The average Bonchev–Trinajstić information content (AvgIpc) is 2.41. The van der Waals surface area contributed by atoms with Crippen LogP contribution in [-0.2, 0) is 6.42 Å². The molecular weight excluding hydrogens is 226 g/mol. The Morgan fingerprint density at radius 1 is 1.11 bits per heavy atom. The van der Waals surface area contributed by atoms with Crippen LogP contribution in [0.1, 0.15) is 44.1 Å². The van der Waals surface area contributed by atoms with Crippen LogP contribution in [0.5, 0.6) is 0 Å². The van der Waals surface area contributed by atoms with Crippen molar-refractivity contribution in [2.24, 2.45) is 5.16 Å². The molecule has 0 bridgehead atoms. The monoisotopic (exact) mass is 247 g/mol. The summed E-state index contributed by atoms with van der Waals surface area (Å²) in [5.74, 6) is 0. The van der Waals surface area contributed by atoms with E-state index in [1.807, 2.05) is 18.2 Å². The lowest BCUT2D eigenvalue weighted by molar-refractivity contribution is 0.0652. The third kappa shape index (κ3) is 3.10. The number of oxime groups is 1. The topological polar surface area (TPSA) is 52.8 Å². The van der Waals surface area contributed by atoms with Crippen LogP contribution in [0.2, 0.25) is 0 Å². The molecule has 1 aromatic carbocycles. The standard InChI is InChI=1S/C15H21NO2/c17-15(11-5-2-6-12-15)14(16-18)10-9-13-7-3-1-4-8-13/h1,3-4,7-8,17-18H,2,5-6,9-12H2/b16-14+. The van der Waals surface area contributed by atoms with E-state index in [-0.39, 0.29) is 0 Å². The number of aliphatic hydroxyl groups is 1. The molecular formula is C15H21NO2. The lowest BCUT2D eigenvalue weighted by Crippen LogP contribution is -2.40. The maximum atomic E-state index is 10.5. The van der Waals surface area contributed by atoms with Gasteiger partial charge in [-0.1, -0.05) is 54.8 Å². The molecule has 1 aliphatic rings. The summed E-state index contributed by atoms with van der Waals surface area (Å²) in [6, 6.07) is 10.1. The van der Waals surface area contributed by atoms with Gasteiger partial charge in [-0.2, -0.15) is 0 Å². The van der Waals surface area contributed by atoms with E-state index in [0.29, 0.717) is 12.1 Å². The second-order valence-corrected chi connectivity index (χ2v) is 5.12. The van der Waals surface area contributed by atoms with Gasteiger partial charge in [-0.05, 0) is 31.2 Å². The van der Waals surface area contributed by atoms with Crippen LogP contribution >= 0.6 is 0 Å². The first-order chi connectivity index (χ1) is 8.74. The van der Waals surface area contributed by atoms with Crippen molar-refractivity contribution in [3.8, 4) is 0 Å². The van der Waals surface area contributed by atoms with E-state index in [0.717, 1.165) is 32.1 Å². The molecule has 0 spiro atoms. The summed E-state index contributed by atoms with van der Waals surface area (Å²) < 4.78 is 0. The van der Waals surface area contributed by atoms with Crippen LogP contribution in [0.4, 0.5) is 0 Å². The second-order valence-electron chi connectivity index (χ2n) is 5.12. The zero-order valence-electron chi connectivity index (χ0n) is 10.7. The quantitative estimate of drug-likeness (QED) is 0.488. The predicted octanol–water partition coefficient (Wildman–Crippen LogP) is 3.14. The van der Waals surface area contributed by atoms with Crippen LogP contribution in [0.15, 0.2) is 35.5 Å². The molecule has 0 amide bonds. The lowest BCUT2D eigenvalue weighted by atomic mass is 9.79. The highest BCUT2D eigenvalue weighted by Gasteiger charge is 2.34. The van der Waals surface area contributed by atoms with E-state index in [1.165, 1.54) is 12.0 Å². The number of rotatable bonds is 4. The molecule has 1 saturated carbocycles. The summed E-state index contributed by atoms with van der Waals surface area (Å²) >= 11 is 0. The van der Waals surface area contributed by atoms with Crippen molar-refractivity contribution in [2.45, 2.75) is 50.5 Å². The molecule has 18 heavy (non-hydrogen) atoms. The maximum absolute atomic E-state index is 10.5. The largest absolute Gasteiger partial charge is 0.411 e. The van der Waals surface area contributed by atoms with Gasteiger partial charge in [-0.15, -0.1) is 0 Å². The number of nitrogens with zero attached hydrogens (tertiary/aromatic N) is 1. The molecule has 1 aliphatic carbocycles. The van der Waals surface area contributed by atoms with Crippen molar-refractivity contribution in [3.05, 3.63) is 35.9 Å². The van der Waals surface area contributed by atoms with Gasteiger partial charge in [0, 0.05) is 0 Å². The van der Waals surface area contributed by atoms with Crippen LogP contribution < -0.4 is 0 Å². The summed E-state index contributed by atoms with van der Waals surface area (Å²) in [5, 5.41) is 23.0. The molecule has 0 aromatic heterocycles. The van der Waals surface area contributed by atoms with Gasteiger partial charge in [0.25, 0.3) is 0 Å². The summed E-state index contributed by atoms with van der Waals surface area (Å²) in [6.07, 6.45) is 6.07. The predicted molar refractivity (Wildman–Crippen MR) is 72.0 cm³/mol. The average molecular weight is 247 g/mol. The van der Waals surface area contributed by atoms with Gasteiger partial charge in [0.2, 0.25) is 0 Å². The van der Waals surface area contributed by atoms with Crippen LogP contribution in [0.25, 0.3) is 0 Å². The molecule has 0 radical (unpaired) electrons. The van der Waals surface area contributed by atoms with E-state index >= 15 is 0 Å². The Labute approximate surface area is 108 Å². The zero-order valence-corrected chi connectivity index (χ0v) is 10.7. The second kappa shape index (κ2) is 6.01. The molecule has 3 heteroatoms. The van der Waals surface area contributed by atoms with Gasteiger partial charge in [0.1, 0.15) is 5.60 Å². The van der Waals surface area contributed by atoms with E-state index in [4.69, 9.17) is 5.21 Å². The van der Waals surface area contributed by atoms with E-state index in [1.54, 1.807) is 0 Å². The summed E-state index contributed by atoms with van der Waals surface area (Å²) in [5.41, 5.74) is 0.881. The highest BCUT2D eigenvalue weighted by atomic mass is 16.4. The fourth-order valence-electron chi connectivity index (χ4n) is 2.71. The van der Waals surface area contributed by atoms with Gasteiger partial charge >= 0.3 is 0 Å². The van der Waals surface area contributed by atoms with Crippen LogP contribution in [-0.4, -0.2) is 21.6 Å². The number of hydrogen-bond donors (Lipinski definition) is 2. The molecule has 0 heterocycles. The molecule has 0 atom stereocenters. The first-order valence-corrected chi connectivity index (χ1v) is 6.72. The molecule has 1 fully saturated rings. The Kier molecular flexibility index (Phi) is 4.37. The van der Waals surface area contributed by atoms with E-state index in [2.05, 4.69) is 17.3 Å². The summed E-state index contributed by atoms with van der Waals surface area (Å²) in [6.45, 7) is 0. The first-order valence-electron chi connectivity index (χ1n) is 6.72. The van der Waals surface area contributed by atoms with E-state index in [9.17, 15) is 5.11 Å². The van der Waals surface area contributed by atoms with E-state index < -0.39 is 5.60 Å². The van der Waals surface area contributed by atoms with Crippen molar-refractivity contribution in [2.75, 3.05) is 0 Å². The molecule has 0 saturated heterocycles. The van der Waals surface area contributed by atoms with Gasteiger partial charge < -0.3 is 10.3 Å². The molecule has 1 aromatic rings. The lowest BCUT2D eigenvalue weighted by Gasteiger charge is -2.32. The minimum Gasteiger partial charge on any atom is -0.411 e. The van der Waals surface area contributed by atoms with Gasteiger partial charge in [-0.25, -0.2) is 0 Å². The fraction of sp³-hybridized carbons (Fsp3) is 0.533. The van der Waals surface area contributed by atoms with Crippen LogP contribution in [0.3, 0.4) is 0 Å². The highest BCUT2D eigenvalue weighted by molar-refractivity contribution is 5.92. The van der Waals surface area contributed by atoms with Crippen molar-refractivity contribution in [1.29, 1.82) is 0 Å². The Hall–Kier alpha value is -1.35. The van der Waals surface area contributed by atoms with Crippen molar-refractivity contribution in [1.82, 2.24) is 0 Å². The molecule has 0 aliphatic heterocycles. The molecule has 2 rings (SSSR count).